The molecule has 2 aromatic rings. The summed E-state index contributed by atoms with van der Waals surface area (Å²) < 4.78 is 28.0. The third-order valence-electron chi connectivity index (χ3n) is 4.16. The number of rotatable bonds is 4. The summed E-state index contributed by atoms with van der Waals surface area (Å²) in [4.78, 5) is 14.2. The largest absolute Gasteiger partial charge is 0.455 e. The van der Waals surface area contributed by atoms with Gasteiger partial charge in [0.05, 0.1) is 0 Å². The molecule has 1 fully saturated rings. The van der Waals surface area contributed by atoms with Crippen LogP contribution in [-0.2, 0) is 15.6 Å². The molecule has 2 heterocycles. The molecule has 1 aromatic heterocycles. The third kappa shape index (κ3) is 3.68. The Morgan fingerprint density at radius 3 is 2.58 bits per heavy atom. The predicted octanol–water partition coefficient (Wildman–Crippen LogP) is 1.39. The van der Waals surface area contributed by atoms with Crippen LogP contribution in [0.3, 0.4) is 0 Å². The lowest BCUT2D eigenvalue weighted by atomic mass is 9.95. The summed E-state index contributed by atoms with van der Waals surface area (Å²) >= 11 is 0. The number of likely N-dealkylation sites (tertiary alicyclic amines) is 1. The maximum Gasteiger partial charge on any atom is 0.289 e. The van der Waals surface area contributed by atoms with Gasteiger partial charge in [0.1, 0.15) is 11.5 Å². The third-order valence-corrected chi connectivity index (χ3v) is 4.97. The van der Waals surface area contributed by atoms with Crippen LogP contribution in [-0.4, -0.2) is 44.6 Å². The molecule has 2 N–H and O–H groups in total. The summed E-state index contributed by atoms with van der Waals surface area (Å²) in [6.07, 6.45) is 1.13. The van der Waals surface area contributed by atoms with Crippen LogP contribution >= 0.6 is 0 Å². The van der Waals surface area contributed by atoms with Crippen LogP contribution < -0.4 is 5.73 Å². The van der Waals surface area contributed by atoms with E-state index < -0.39 is 9.84 Å². The Kier molecular flexibility index (Phi) is 4.47. The second kappa shape index (κ2) is 6.41. The van der Waals surface area contributed by atoms with E-state index in [1.807, 2.05) is 30.3 Å². The zero-order valence-electron chi connectivity index (χ0n) is 13.4. The number of nitrogens with zero attached hydrogens (tertiary/aromatic N) is 1. The number of hydrogen-bond acceptors (Lipinski definition) is 5. The molecule has 1 amide bonds. The van der Waals surface area contributed by atoms with Crippen LogP contribution in [0.4, 0.5) is 0 Å². The molecule has 7 heteroatoms. The van der Waals surface area contributed by atoms with Crippen molar-refractivity contribution in [3.8, 4) is 0 Å². The Bertz CT molecular complexity index is 829. The number of carbonyl (C=O) groups is 1. The van der Waals surface area contributed by atoms with Gasteiger partial charge in [-0.3, -0.25) is 4.79 Å². The van der Waals surface area contributed by atoms with Crippen molar-refractivity contribution in [1.82, 2.24) is 4.90 Å². The number of nitrogens with two attached hydrogens (primary N) is 1. The van der Waals surface area contributed by atoms with Crippen LogP contribution in [0.2, 0.25) is 0 Å². The van der Waals surface area contributed by atoms with Gasteiger partial charge >= 0.3 is 0 Å². The highest BCUT2D eigenvalue weighted by molar-refractivity contribution is 7.89. The van der Waals surface area contributed by atoms with Crippen LogP contribution in [0.25, 0.3) is 0 Å². The number of furan rings is 1. The van der Waals surface area contributed by atoms with E-state index in [0.29, 0.717) is 13.1 Å². The zero-order chi connectivity index (χ0) is 17.3. The molecule has 0 bridgehead atoms. The Hall–Kier alpha value is -2.12. The first-order chi connectivity index (χ1) is 11.3. The molecule has 1 aromatic carbocycles. The van der Waals surface area contributed by atoms with Gasteiger partial charge in [0.2, 0.25) is 0 Å². The average molecular weight is 348 g/mol. The molecule has 0 aliphatic carbocycles. The first kappa shape index (κ1) is 16.7. The number of carbonyl (C=O) groups excluding carboxylic acids is 1. The fraction of sp³-hybridized carbons (Fsp3) is 0.353. The molecule has 0 radical (unpaired) electrons. The molecule has 1 saturated heterocycles. The molecule has 128 valence electrons. The number of sulfone groups is 1. The zero-order valence-corrected chi connectivity index (χ0v) is 14.2. The van der Waals surface area contributed by atoms with Crippen LogP contribution in [0.5, 0.6) is 0 Å². The van der Waals surface area contributed by atoms with Crippen molar-refractivity contribution in [3.05, 3.63) is 59.5 Å². The van der Waals surface area contributed by atoms with E-state index in [9.17, 15) is 13.2 Å². The molecule has 0 saturated carbocycles. The lowest BCUT2D eigenvalue weighted by Crippen LogP contribution is -2.32. The summed E-state index contributed by atoms with van der Waals surface area (Å²) in [6, 6.07) is 12.8. The Balaban J connectivity index is 1.72. The fourth-order valence-corrected chi connectivity index (χ4v) is 3.70. The van der Waals surface area contributed by atoms with Gasteiger partial charge < -0.3 is 15.1 Å². The molecular formula is C17H20N2O4S. The summed E-state index contributed by atoms with van der Waals surface area (Å²) in [5.74, 6) is 0.0228. The van der Waals surface area contributed by atoms with Crippen molar-refractivity contribution in [2.45, 2.75) is 17.7 Å². The summed E-state index contributed by atoms with van der Waals surface area (Å²) in [6.45, 7) is 0.965. The van der Waals surface area contributed by atoms with Crippen LogP contribution in [0.15, 0.2) is 46.9 Å². The van der Waals surface area contributed by atoms with Crippen molar-refractivity contribution >= 4 is 15.7 Å². The van der Waals surface area contributed by atoms with Gasteiger partial charge in [-0.25, -0.2) is 8.42 Å². The average Bonchev–Trinajstić information content (AvgIpc) is 3.12. The quantitative estimate of drug-likeness (QED) is 0.901. The van der Waals surface area contributed by atoms with E-state index in [4.69, 9.17) is 10.2 Å². The summed E-state index contributed by atoms with van der Waals surface area (Å²) in [7, 11) is -3.20. The minimum atomic E-state index is -3.20. The maximum absolute atomic E-state index is 12.6. The lowest BCUT2D eigenvalue weighted by molar-refractivity contribution is 0.0756. The topological polar surface area (TPSA) is 93.6 Å². The molecule has 0 unspecified atom stereocenters. The first-order valence-electron chi connectivity index (χ1n) is 7.70. The van der Waals surface area contributed by atoms with Gasteiger partial charge in [-0.1, -0.05) is 30.3 Å². The van der Waals surface area contributed by atoms with Crippen molar-refractivity contribution in [2.24, 2.45) is 5.73 Å². The molecule has 6 nitrogen and oxygen atoms in total. The van der Waals surface area contributed by atoms with E-state index >= 15 is 0 Å². The standard InChI is InChI=1S/C17H20N2O4S/c1-24(21,22)11-13-7-8-16(23-13)17(20)19-9-14(15(18)10-19)12-5-3-2-4-6-12/h2-8,14-15H,9-11,18H2,1H3/t14-,15+/m0/s1. The molecule has 3 rings (SSSR count). The molecule has 2 atom stereocenters. The number of amides is 1. The van der Waals surface area contributed by atoms with Gasteiger partial charge in [0.25, 0.3) is 5.91 Å². The van der Waals surface area contributed by atoms with Gasteiger partial charge in [0.15, 0.2) is 15.6 Å². The SMILES string of the molecule is CS(=O)(=O)Cc1ccc(C(=O)N2C[C@@H](N)[C@H](c3ccccc3)C2)o1. The summed E-state index contributed by atoms with van der Waals surface area (Å²) in [5, 5.41) is 0. The number of benzene rings is 1. The molecule has 0 spiro atoms. The minimum absolute atomic E-state index is 0.0839. The smallest absolute Gasteiger partial charge is 0.289 e. The highest BCUT2D eigenvalue weighted by Crippen LogP contribution is 2.27. The Morgan fingerprint density at radius 2 is 1.92 bits per heavy atom. The van der Waals surface area contributed by atoms with E-state index in [0.717, 1.165) is 11.8 Å². The van der Waals surface area contributed by atoms with Crippen molar-refractivity contribution in [2.75, 3.05) is 19.3 Å². The van der Waals surface area contributed by atoms with Gasteiger partial charge in [-0.05, 0) is 17.7 Å². The minimum Gasteiger partial charge on any atom is -0.455 e. The monoisotopic (exact) mass is 348 g/mol. The Labute approximate surface area is 141 Å². The van der Waals surface area contributed by atoms with Gasteiger partial charge in [-0.15, -0.1) is 0 Å². The lowest BCUT2D eigenvalue weighted by Gasteiger charge is -2.15. The van der Waals surface area contributed by atoms with Crippen LogP contribution in [0.1, 0.15) is 27.8 Å². The molecule has 1 aliphatic rings. The normalized spacial score (nSPS) is 21.2. The fourth-order valence-electron chi connectivity index (χ4n) is 3.03. The second-order valence-corrected chi connectivity index (χ2v) is 8.37. The highest BCUT2D eigenvalue weighted by Gasteiger charge is 2.35. The Morgan fingerprint density at radius 1 is 1.21 bits per heavy atom. The van der Waals surface area contributed by atoms with E-state index in [1.165, 1.54) is 12.1 Å². The maximum atomic E-state index is 12.6. The van der Waals surface area contributed by atoms with E-state index in [1.54, 1.807) is 4.90 Å². The highest BCUT2D eigenvalue weighted by atomic mass is 32.2. The van der Waals surface area contributed by atoms with Crippen molar-refractivity contribution < 1.29 is 17.6 Å². The van der Waals surface area contributed by atoms with Crippen molar-refractivity contribution in [1.29, 1.82) is 0 Å². The van der Waals surface area contributed by atoms with Gasteiger partial charge in [-0.2, -0.15) is 0 Å². The van der Waals surface area contributed by atoms with Gasteiger partial charge in [0, 0.05) is 31.3 Å². The molecule has 1 aliphatic heterocycles. The van der Waals surface area contributed by atoms with E-state index in [-0.39, 0.29) is 35.1 Å². The summed E-state index contributed by atoms with van der Waals surface area (Å²) in [5.41, 5.74) is 7.31. The second-order valence-electron chi connectivity index (χ2n) is 6.23. The van der Waals surface area contributed by atoms with Crippen LogP contribution in [0, 0.1) is 0 Å². The first-order valence-corrected chi connectivity index (χ1v) is 9.76. The van der Waals surface area contributed by atoms with E-state index in [2.05, 4.69) is 0 Å². The number of hydrogen-bond donors (Lipinski definition) is 1. The molecule has 24 heavy (non-hydrogen) atoms. The predicted molar refractivity (Wildman–Crippen MR) is 90.3 cm³/mol. The van der Waals surface area contributed by atoms with Crippen molar-refractivity contribution in [3.63, 3.8) is 0 Å². The molecular weight excluding hydrogens is 328 g/mol.